The summed E-state index contributed by atoms with van der Waals surface area (Å²) in [6.07, 6.45) is 5.90. The van der Waals surface area contributed by atoms with Crippen molar-refractivity contribution in [1.29, 1.82) is 0 Å². The van der Waals surface area contributed by atoms with Crippen LogP contribution < -0.4 is 15.3 Å². The van der Waals surface area contributed by atoms with Crippen molar-refractivity contribution in [2.75, 3.05) is 18.1 Å². The molecule has 6 rings (SSSR count). The first-order chi connectivity index (χ1) is 15.1. The van der Waals surface area contributed by atoms with Crippen LogP contribution in [0.4, 0.5) is 5.69 Å². The van der Waals surface area contributed by atoms with Crippen molar-refractivity contribution in [1.82, 2.24) is 19.2 Å². The number of anilines is 1. The number of carbonyl (C=O) groups is 1. The average molecular weight is 436 g/mol. The highest BCUT2D eigenvalue weighted by Gasteiger charge is 2.26. The van der Waals surface area contributed by atoms with E-state index in [4.69, 9.17) is 4.74 Å². The molecule has 0 saturated carbocycles. The van der Waals surface area contributed by atoms with E-state index < -0.39 is 0 Å². The number of aromatic nitrogens is 4. The number of ether oxygens (including phenoxy) is 1. The number of thiophene rings is 1. The zero-order valence-corrected chi connectivity index (χ0v) is 17.9. The van der Waals surface area contributed by atoms with Crippen LogP contribution in [-0.2, 0) is 24.2 Å². The van der Waals surface area contributed by atoms with Crippen LogP contribution in [0, 0.1) is 6.92 Å². The second-order valence-electron chi connectivity index (χ2n) is 8.13. The van der Waals surface area contributed by atoms with Crippen molar-refractivity contribution in [3.63, 3.8) is 0 Å². The lowest BCUT2D eigenvalue weighted by Gasteiger charge is -2.29. The molecule has 8 nitrogen and oxygen atoms in total. The predicted octanol–water partition coefficient (Wildman–Crippen LogP) is 2.72. The number of hydrogen-bond donors (Lipinski definition) is 0. The van der Waals surface area contributed by atoms with Crippen molar-refractivity contribution in [2.45, 2.75) is 39.2 Å². The van der Waals surface area contributed by atoms with E-state index in [9.17, 15) is 9.59 Å². The first-order valence-electron chi connectivity index (χ1n) is 10.5. The van der Waals surface area contributed by atoms with Crippen molar-refractivity contribution in [2.24, 2.45) is 0 Å². The Kier molecular flexibility index (Phi) is 4.14. The molecule has 31 heavy (non-hydrogen) atoms. The standard InChI is InChI=1S/C22H21N5O3S/c1-13-6-7-16-15(10-13)25(8-9-30-16)18(28)11-27-22(29)26-12-23-21-19(20(26)24-27)14-4-2-3-5-17(14)31-21/h6-7,10,12H,2-5,8-9,11H2,1H3. The molecule has 4 aromatic rings. The van der Waals surface area contributed by atoms with Gasteiger partial charge in [0.25, 0.3) is 0 Å². The lowest BCUT2D eigenvalue weighted by molar-refractivity contribution is -0.119. The molecule has 0 bridgehead atoms. The topological polar surface area (TPSA) is 81.7 Å². The van der Waals surface area contributed by atoms with Crippen molar-refractivity contribution < 1.29 is 9.53 Å². The van der Waals surface area contributed by atoms with Crippen LogP contribution in [0.25, 0.3) is 15.9 Å². The fraction of sp³-hybridized carbons (Fsp3) is 0.364. The molecule has 9 heteroatoms. The molecule has 0 fully saturated rings. The largest absolute Gasteiger partial charge is 0.490 e. The molecule has 0 radical (unpaired) electrons. The van der Waals surface area contributed by atoms with E-state index in [0.717, 1.165) is 40.7 Å². The molecule has 3 aromatic heterocycles. The fourth-order valence-electron chi connectivity index (χ4n) is 4.58. The number of amides is 1. The molecule has 1 aliphatic carbocycles. The Hall–Kier alpha value is -3.20. The lowest BCUT2D eigenvalue weighted by Crippen LogP contribution is -2.41. The minimum atomic E-state index is -0.341. The van der Waals surface area contributed by atoms with Crippen LogP contribution in [0.1, 0.15) is 28.8 Å². The minimum Gasteiger partial charge on any atom is -0.490 e. The summed E-state index contributed by atoms with van der Waals surface area (Å²) >= 11 is 1.70. The Morgan fingerprint density at radius 3 is 3.03 bits per heavy atom. The van der Waals surface area contributed by atoms with Gasteiger partial charge in [-0.1, -0.05) is 6.07 Å². The summed E-state index contributed by atoms with van der Waals surface area (Å²) in [5.74, 6) is 0.501. The number of carbonyl (C=O) groups excluding carboxylic acids is 1. The molecular formula is C22H21N5O3S. The van der Waals surface area contributed by atoms with Crippen LogP contribution >= 0.6 is 11.3 Å². The van der Waals surface area contributed by atoms with Gasteiger partial charge in [-0.15, -0.1) is 16.4 Å². The first-order valence-corrected chi connectivity index (χ1v) is 11.3. The normalized spacial score (nSPS) is 15.7. The summed E-state index contributed by atoms with van der Waals surface area (Å²) in [5, 5.41) is 5.55. The maximum Gasteiger partial charge on any atom is 0.352 e. The third-order valence-corrected chi connectivity index (χ3v) is 7.30. The lowest BCUT2D eigenvalue weighted by atomic mass is 9.97. The number of benzene rings is 1. The number of nitrogens with zero attached hydrogens (tertiary/aromatic N) is 5. The fourth-order valence-corrected chi connectivity index (χ4v) is 5.80. The molecule has 2 aliphatic rings. The summed E-state index contributed by atoms with van der Waals surface area (Å²) in [6, 6.07) is 5.77. The Labute approximate surface area is 181 Å². The van der Waals surface area contributed by atoms with Gasteiger partial charge in [-0.05, 0) is 55.9 Å². The van der Waals surface area contributed by atoms with Gasteiger partial charge in [-0.2, -0.15) is 0 Å². The third kappa shape index (κ3) is 2.87. The highest BCUT2D eigenvalue weighted by Crippen LogP contribution is 2.36. The Morgan fingerprint density at radius 1 is 1.26 bits per heavy atom. The van der Waals surface area contributed by atoms with E-state index in [2.05, 4.69) is 10.1 Å². The minimum absolute atomic E-state index is 0.123. The summed E-state index contributed by atoms with van der Waals surface area (Å²) in [7, 11) is 0. The number of fused-ring (bicyclic) bond motifs is 6. The summed E-state index contributed by atoms with van der Waals surface area (Å²) in [5.41, 5.74) is 3.31. The van der Waals surface area contributed by atoms with Gasteiger partial charge in [0.2, 0.25) is 5.91 Å². The third-order valence-electron chi connectivity index (χ3n) is 6.10. The van der Waals surface area contributed by atoms with Gasteiger partial charge in [0.05, 0.1) is 17.6 Å². The maximum absolute atomic E-state index is 13.2. The first kappa shape index (κ1) is 18.6. The molecule has 0 spiro atoms. The van der Waals surface area contributed by atoms with Gasteiger partial charge in [0, 0.05) is 4.88 Å². The molecule has 1 aromatic carbocycles. The molecular weight excluding hydrogens is 414 g/mol. The van der Waals surface area contributed by atoms with Crippen LogP contribution in [0.15, 0.2) is 29.3 Å². The molecule has 0 N–H and O–H groups in total. The molecule has 4 heterocycles. The van der Waals surface area contributed by atoms with Gasteiger partial charge in [0.15, 0.2) is 5.65 Å². The molecule has 0 saturated heterocycles. The Bertz CT molecular complexity index is 1420. The van der Waals surface area contributed by atoms with Crippen LogP contribution in [-0.4, -0.2) is 38.2 Å². The zero-order valence-electron chi connectivity index (χ0n) is 17.1. The molecule has 158 valence electrons. The second-order valence-corrected chi connectivity index (χ2v) is 9.22. The van der Waals surface area contributed by atoms with Gasteiger partial charge in [-0.25, -0.2) is 18.9 Å². The van der Waals surface area contributed by atoms with E-state index in [1.165, 1.54) is 32.3 Å². The number of hydrogen-bond acceptors (Lipinski definition) is 6. The summed E-state index contributed by atoms with van der Waals surface area (Å²) < 4.78 is 8.41. The quantitative estimate of drug-likeness (QED) is 0.484. The molecule has 1 amide bonds. The smallest absolute Gasteiger partial charge is 0.352 e. The van der Waals surface area contributed by atoms with Gasteiger partial charge < -0.3 is 9.64 Å². The van der Waals surface area contributed by atoms with Gasteiger partial charge >= 0.3 is 5.69 Å². The molecule has 0 atom stereocenters. The van der Waals surface area contributed by atoms with E-state index in [-0.39, 0.29) is 18.1 Å². The molecule has 1 aliphatic heterocycles. The van der Waals surface area contributed by atoms with Crippen molar-refractivity contribution in [3.8, 4) is 5.75 Å². The SMILES string of the molecule is Cc1ccc2c(c1)N(C(=O)Cn1nc3c4c5c(sc4ncn3c1=O)CCCC5)CCO2. The van der Waals surface area contributed by atoms with Crippen LogP contribution in [0.5, 0.6) is 5.75 Å². The summed E-state index contributed by atoms with van der Waals surface area (Å²) in [4.78, 5) is 34.6. The number of aryl methyl sites for hydroxylation is 3. The second kappa shape index (κ2) is 6.91. The number of rotatable bonds is 2. The highest BCUT2D eigenvalue weighted by molar-refractivity contribution is 7.19. The Morgan fingerprint density at radius 2 is 2.13 bits per heavy atom. The van der Waals surface area contributed by atoms with E-state index >= 15 is 0 Å². The maximum atomic E-state index is 13.2. The summed E-state index contributed by atoms with van der Waals surface area (Å²) in [6.45, 7) is 2.72. The van der Waals surface area contributed by atoms with Crippen LogP contribution in [0.3, 0.4) is 0 Å². The van der Waals surface area contributed by atoms with Gasteiger partial charge in [-0.3, -0.25) is 4.79 Å². The predicted molar refractivity (Wildman–Crippen MR) is 118 cm³/mol. The zero-order chi connectivity index (χ0) is 21.1. The van der Waals surface area contributed by atoms with Crippen LogP contribution in [0.2, 0.25) is 0 Å². The average Bonchev–Trinajstić information content (AvgIpc) is 3.31. The van der Waals surface area contributed by atoms with Gasteiger partial charge in [0.1, 0.15) is 30.1 Å². The van der Waals surface area contributed by atoms with Crippen molar-refractivity contribution >= 4 is 38.8 Å². The Balaban J connectivity index is 1.41. The van der Waals surface area contributed by atoms with E-state index in [1.54, 1.807) is 16.2 Å². The van der Waals surface area contributed by atoms with Crippen molar-refractivity contribution in [3.05, 3.63) is 51.0 Å². The van der Waals surface area contributed by atoms with E-state index in [0.29, 0.717) is 24.5 Å². The molecule has 0 unspecified atom stereocenters. The highest BCUT2D eigenvalue weighted by atomic mass is 32.1. The van der Waals surface area contributed by atoms with E-state index in [1.807, 2.05) is 25.1 Å². The monoisotopic (exact) mass is 435 g/mol.